The first-order chi connectivity index (χ1) is 23.7. The molecule has 6 aliphatic rings. The number of hydrogen-bond acceptors (Lipinski definition) is 8. The highest BCUT2D eigenvalue weighted by Gasteiger charge is 2.60. The fourth-order valence-electron chi connectivity index (χ4n) is 6.63. The molecule has 4 heterocycles. The van der Waals surface area contributed by atoms with Crippen LogP contribution in [0.15, 0.2) is 72.9 Å². The maximum absolute atomic E-state index is 6.35. The van der Waals surface area contributed by atoms with E-state index in [1.165, 1.54) is 0 Å². The summed E-state index contributed by atoms with van der Waals surface area (Å²) in [5.74, 6) is 0.0794. The van der Waals surface area contributed by atoms with Crippen molar-refractivity contribution in [3.05, 3.63) is 72.9 Å². The molecular formula is C40H64B4O8. The summed E-state index contributed by atoms with van der Waals surface area (Å²) >= 11 is 0. The molecule has 4 atom stereocenters. The molecule has 4 saturated heterocycles. The average Bonchev–Trinajstić information content (AvgIpc) is 3.49. The van der Waals surface area contributed by atoms with Gasteiger partial charge in [0.05, 0.1) is 44.8 Å². The van der Waals surface area contributed by atoms with Crippen LogP contribution in [0.1, 0.15) is 111 Å². The largest absolute Gasteiger partial charge is 0.469 e. The minimum atomic E-state index is -0.367. The molecule has 0 N–H and O–H groups in total. The van der Waals surface area contributed by atoms with Crippen LogP contribution in [-0.4, -0.2) is 73.3 Å². The molecule has 4 aliphatic heterocycles. The third kappa shape index (κ3) is 8.16. The van der Waals surface area contributed by atoms with Crippen LogP contribution >= 0.6 is 0 Å². The molecule has 12 heteroatoms. The van der Waals surface area contributed by atoms with Crippen molar-refractivity contribution < 1.29 is 37.2 Å². The topological polar surface area (TPSA) is 73.8 Å². The molecule has 4 unspecified atom stereocenters. The van der Waals surface area contributed by atoms with Gasteiger partial charge in [-0.15, -0.1) is 0 Å². The van der Waals surface area contributed by atoms with Gasteiger partial charge in [0, 0.05) is 23.3 Å². The summed E-state index contributed by atoms with van der Waals surface area (Å²) in [4.78, 5) is 0. The zero-order valence-electron chi connectivity index (χ0n) is 34.8. The van der Waals surface area contributed by atoms with Gasteiger partial charge in [-0.2, -0.15) is 0 Å². The van der Waals surface area contributed by atoms with Gasteiger partial charge in [0.15, 0.2) is 0 Å². The van der Waals surface area contributed by atoms with Gasteiger partial charge < -0.3 is 37.2 Å². The molecule has 52 heavy (non-hydrogen) atoms. The van der Waals surface area contributed by atoms with Crippen molar-refractivity contribution in [1.29, 1.82) is 0 Å². The molecule has 284 valence electrons. The van der Waals surface area contributed by atoms with Gasteiger partial charge in [0.2, 0.25) is 0 Å². The smallest absolute Gasteiger partial charge is 0.403 e. The first-order valence-corrected chi connectivity index (χ1v) is 19.2. The third-order valence-corrected chi connectivity index (χ3v) is 13.1. The molecule has 8 nitrogen and oxygen atoms in total. The SMILES string of the molecule is CC1(C)OB(C2C=CC(B3OC(C)(C)C(C)(C)O3)/C=C\C=C/2)OC1(C)C.CC1(C)OB(C2\C=C/C=C\C=C/C2B2OC(C)(C)C(C)(C)O2)OC1(C)C. The summed E-state index contributed by atoms with van der Waals surface area (Å²) < 4.78 is 50.3. The van der Waals surface area contributed by atoms with E-state index in [4.69, 9.17) is 37.2 Å². The van der Waals surface area contributed by atoms with E-state index < -0.39 is 0 Å². The van der Waals surface area contributed by atoms with Gasteiger partial charge in [0.25, 0.3) is 0 Å². The third-order valence-electron chi connectivity index (χ3n) is 13.1. The second kappa shape index (κ2) is 14.1. The first-order valence-electron chi connectivity index (χ1n) is 19.2. The van der Waals surface area contributed by atoms with E-state index in [9.17, 15) is 0 Å². The molecule has 0 saturated carbocycles. The zero-order valence-corrected chi connectivity index (χ0v) is 34.8. The molecule has 0 bridgehead atoms. The lowest BCUT2D eigenvalue weighted by Gasteiger charge is -2.32. The second-order valence-corrected chi connectivity index (χ2v) is 19.1. The Kier molecular flexibility index (Phi) is 11.3. The Morgan fingerprint density at radius 2 is 0.481 bits per heavy atom. The van der Waals surface area contributed by atoms with Crippen LogP contribution < -0.4 is 0 Å². The number of hydrogen-bond donors (Lipinski definition) is 0. The fourth-order valence-corrected chi connectivity index (χ4v) is 6.63. The standard InChI is InChI=1S/2C20H32B2O4/c1-17(2)18(3,4)24-21(23-17)15-11-9-10-12-16(14-13-15)22-25-19(5,6)20(7,8)26-22;1-17(2)18(3,4)24-21(23-17)15-13-11-9-10-12-14-16(15)22-25-19(5,6)20(7,8)26-22/h2*9-16H,1-8H3/b11-9-,12-10-,14-13?;10-9-,13-11-,14-12-. The van der Waals surface area contributed by atoms with E-state index in [1.807, 2.05) is 12.2 Å². The highest BCUT2D eigenvalue weighted by atomic mass is 16.7. The van der Waals surface area contributed by atoms with E-state index in [0.717, 1.165) is 0 Å². The minimum Gasteiger partial charge on any atom is -0.403 e. The first kappa shape index (κ1) is 41.5. The van der Waals surface area contributed by atoms with E-state index in [2.05, 4.69) is 172 Å². The van der Waals surface area contributed by atoms with Gasteiger partial charge in [-0.1, -0.05) is 72.9 Å². The molecule has 0 radical (unpaired) electrons. The molecule has 2 aliphatic carbocycles. The molecule has 0 amide bonds. The zero-order chi connectivity index (χ0) is 38.8. The van der Waals surface area contributed by atoms with Crippen molar-refractivity contribution in [2.45, 2.75) is 179 Å². The Morgan fingerprint density at radius 1 is 0.269 bits per heavy atom. The van der Waals surface area contributed by atoms with Crippen LogP contribution in [0, 0.1) is 0 Å². The quantitative estimate of drug-likeness (QED) is 0.211. The Bertz CT molecular complexity index is 1320. The van der Waals surface area contributed by atoms with Crippen molar-refractivity contribution in [2.75, 3.05) is 0 Å². The maximum atomic E-state index is 6.35. The van der Waals surface area contributed by atoms with Gasteiger partial charge >= 0.3 is 28.5 Å². The monoisotopic (exact) mass is 716 g/mol. The molecule has 0 aromatic rings. The summed E-state index contributed by atoms with van der Waals surface area (Å²) in [6.07, 6.45) is 25.1. The summed E-state index contributed by atoms with van der Waals surface area (Å²) in [6.45, 7) is 33.3. The van der Waals surface area contributed by atoms with Crippen LogP contribution in [0.25, 0.3) is 0 Å². The summed E-state index contributed by atoms with van der Waals surface area (Å²) in [7, 11) is -1.29. The molecule has 0 aromatic heterocycles. The van der Waals surface area contributed by atoms with Crippen LogP contribution in [0.3, 0.4) is 0 Å². The Labute approximate surface area is 316 Å². The van der Waals surface area contributed by atoms with Gasteiger partial charge in [-0.3, -0.25) is 0 Å². The van der Waals surface area contributed by atoms with Crippen LogP contribution in [0.5, 0.6) is 0 Å². The summed E-state index contributed by atoms with van der Waals surface area (Å²) in [5, 5.41) is 0. The Balaban J connectivity index is 0.000000201. The van der Waals surface area contributed by atoms with Crippen molar-refractivity contribution in [2.24, 2.45) is 0 Å². The minimum absolute atomic E-state index is 0.00745. The molecule has 4 fully saturated rings. The van der Waals surface area contributed by atoms with Crippen LogP contribution in [0.4, 0.5) is 0 Å². The molecular weight excluding hydrogens is 652 g/mol. The van der Waals surface area contributed by atoms with Crippen molar-refractivity contribution in [3.8, 4) is 0 Å². The van der Waals surface area contributed by atoms with E-state index in [0.29, 0.717) is 0 Å². The number of rotatable bonds is 4. The average molecular weight is 716 g/mol. The normalized spacial score (nSPS) is 37.2. The van der Waals surface area contributed by atoms with Gasteiger partial charge in [-0.05, 0) is 111 Å². The van der Waals surface area contributed by atoms with E-state index in [1.54, 1.807) is 0 Å². The highest BCUT2D eigenvalue weighted by molar-refractivity contribution is 6.56. The lowest BCUT2D eigenvalue weighted by molar-refractivity contribution is 0.00578. The lowest BCUT2D eigenvalue weighted by Crippen LogP contribution is -2.41. The Hall–Kier alpha value is -1.62. The van der Waals surface area contributed by atoms with Crippen LogP contribution in [-0.2, 0) is 37.2 Å². The molecule has 0 spiro atoms. The van der Waals surface area contributed by atoms with E-state index in [-0.39, 0.29) is 96.6 Å². The highest BCUT2D eigenvalue weighted by Crippen LogP contribution is 2.49. The summed E-state index contributed by atoms with van der Waals surface area (Å²) in [5.41, 5.74) is -2.79. The van der Waals surface area contributed by atoms with Crippen LogP contribution in [0.2, 0.25) is 23.3 Å². The van der Waals surface area contributed by atoms with E-state index >= 15 is 0 Å². The lowest BCUT2D eigenvalue weighted by atomic mass is 9.52. The maximum Gasteiger partial charge on any atom is 0.469 e. The van der Waals surface area contributed by atoms with Gasteiger partial charge in [-0.25, -0.2) is 0 Å². The van der Waals surface area contributed by atoms with Gasteiger partial charge in [0.1, 0.15) is 0 Å². The Morgan fingerprint density at radius 3 is 0.731 bits per heavy atom. The van der Waals surface area contributed by atoms with Crippen molar-refractivity contribution >= 4 is 28.5 Å². The fraction of sp³-hybridized carbons (Fsp3) is 0.700. The molecule has 0 aromatic carbocycles. The predicted molar refractivity (Wildman–Crippen MR) is 214 cm³/mol. The second-order valence-electron chi connectivity index (χ2n) is 19.1. The summed E-state index contributed by atoms with van der Waals surface area (Å²) in [6, 6.07) is 0. The van der Waals surface area contributed by atoms with Crippen molar-refractivity contribution in [1.82, 2.24) is 0 Å². The number of allylic oxidation sites excluding steroid dienone is 12. The predicted octanol–water partition coefficient (Wildman–Crippen LogP) is 9.19. The molecule has 6 rings (SSSR count). The van der Waals surface area contributed by atoms with Crippen molar-refractivity contribution in [3.63, 3.8) is 0 Å².